The standard InChI is InChI=1S/C22H30N4O3/c1-3-29-21(28)22(14-19-9-5-4-8-18(19)2)11-7-12-25(15-22)20(27)10-6-13-26-17-23-16-24-26/h4-5,8-9,16-17H,3,6-7,10-15H2,1-2H3/t22-/m1/s1. The molecule has 0 unspecified atom stereocenters. The Bertz CT molecular complexity index is 821. The number of benzene rings is 1. The molecule has 1 aliphatic heterocycles. The quantitative estimate of drug-likeness (QED) is 0.639. The van der Waals surface area contributed by atoms with Gasteiger partial charge in [-0.3, -0.25) is 14.3 Å². The van der Waals surface area contributed by atoms with Crippen molar-refractivity contribution in [2.75, 3.05) is 19.7 Å². The van der Waals surface area contributed by atoms with Crippen molar-refractivity contribution in [3.05, 3.63) is 48.0 Å². The smallest absolute Gasteiger partial charge is 0.314 e. The molecule has 1 aromatic heterocycles. The molecule has 0 spiro atoms. The van der Waals surface area contributed by atoms with Gasteiger partial charge in [0.15, 0.2) is 0 Å². The van der Waals surface area contributed by atoms with Gasteiger partial charge in [0.05, 0.1) is 12.0 Å². The van der Waals surface area contributed by atoms with Crippen molar-refractivity contribution < 1.29 is 14.3 Å². The zero-order valence-electron chi connectivity index (χ0n) is 17.3. The highest BCUT2D eigenvalue weighted by Crippen LogP contribution is 2.36. The molecule has 0 bridgehead atoms. The number of esters is 1. The molecule has 2 heterocycles. The van der Waals surface area contributed by atoms with E-state index in [1.165, 1.54) is 6.33 Å². The number of likely N-dealkylation sites (tertiary alicyclic amines) is 1. The highest BCUT2D eigenvalue weighted by Gasteiger charge is 2.44. The minimum atomic E-state index is -0.679. The van der Waals surface area contributed by atoms with Crippen LogP contribution in [0, 0.1) is 12.3 Å². The van der Waals surface area contributed by atoms with Crippen LogP contribution in [0.4, 0.5) is 0 Å². The topological polar surface area (TPSA) is 77.3 Å². The molecule has 1 aliphatic rings. The number of amides is 1. The largest absolute Gasteiger partial charge is 0.466 e. The normalized spacial score (nSPS) is 19.2. The van der Waals surface area contributed by atoms with Crippen LogP contribution in [0.1, 0.15) is 43.7 Å². The van der Waals surface area contributed by atoms with E-state index in [9.17, 15) is 9.59 Å². The summed E-state index contributed by atoms with van der Waals surface area (Å²) in [5.41, 5.74) is 1.62. The fraction of sp³-hybridized carbons (Fsp3) is 0.545. The van der Waals surface area contributed by atoms with Gasteiger partial charge < -0.3 is 9.64 Å². The third-order valence-electron chi connectivity index (χ3n) is 5.67. The molecule has 1 amide bonds. The Kier molecular flexibility index (Phi) is 7.01. The highest BCUT2D eigenvalue weighted by atomic mass is 16.5. The number of piperidine rings is 1. The first-order chi connectivity index (χ1) is 14.0. The average Bonchev–Trinajstić information content (AvgIpc) is 3.23. The summed E-state index contributed by atoms with van der Waals surface area (Å²) >= 11 is 0. The molecule has 0 radical (unpaired) electrons. The molecule has 3 rings (SSSR count). The number of aryl methyl sites for hydroxylation is 2. The lowest BCUT2D eigenvalue weighted by Gasteiger charge is -2.41. The predicted octanol–water partition coefficient (Wildman–Crippen LogP) is 2.78. The van der Waals surface area contributed by atoms with Crippen molar-refractivity contribution in [1.82, 2.24) is 19.7 Å². The van der Waals surface area contributed by atoms with E-state index >= 15 is 0 Å². The van der Waals surface area contributed by atoms with Crippen LogP contribution >= 0.6 is 0 Å². The van der Waals surface area contributed by atoms with Gasteiger partial charge in [0.25, 0.3) is 0 Å². The molecule has 1 atom stereocenters. The Morgan fingerprint density at radius 3 is 2.83 bits per heavy atom. The fourth-order valence-corrected chi connectivity index (χ4v) is 4.08. The predicted molar refractivity (Wildman–Crippen MR) is 109 cm³/mol. The van der Waals surface area contributed by atoms with Gasteiger partial charge >= 0.3 is 5.97 Å². The van der Waals surface area contributed by atoms with Gasteiger partial charge in [-0.2, -0.15) is 5.10 Å². The van der Waals surface area contributed by atoms with Crippen molar-refractivity contribution in [1.29, 1.82) is 0 Å². The van der Waals surface area contributed by atoms with Crippen LogP contribution in [0.25, 0.3) is 0 Å². The summed E-state index contributed by atoms with van der Waals surface area (Å²) in [6, 6.07) is 8.12. The molecule has 0 N–H and O–H groups in total. The SMILES string of the molecule is CCOC(=O)[C@@]1(Cc2ccccc2C)CCCN(C(=O)CCCn2cncn2)C1. The van der Waals surface area contributed by atoms with Crippen LogP contribution in [0.5, 0.6) is 0 Å². The van der Waals surface area contributed by atoms with E-state index in [1.54, 1.807) is 11.0 Å². The van der Waals surface area contributed by atoms with Gasteiger partial charge in [0.1, 0.15) is 12.7 Å². The second-order valence-electron chi connectivity index (χ2n) is 7.79. The first-order valence-electron chi connectivity index (χ1n) is 10.4. The van der Waals surface area contributed by atoms with Crippen LogP contribution < -0.4 is 0 Å². The molecule has 156 valence electrons. The maximum absolute atomic E-state index is 13.0. The van der Waals surface area contributed by atoms with Crippen LogP contribution in [0.3, 0.4) is 0 Å². The molecule has 1 fully saturated rings. The number of hydrogen-bond acceptors (Lipinski definition) is 5. The molecule has 0 aliphatic carbocycles. The summed E-state index contributed by atoms with van der Waals surface area (Å²) in [6.45, 7) is 6.00. The van der Waals surface area contributed by atoms with Crippen LogP contribution in [-0.4, -0.2) is 51.2 Å². The summed E-state index contributed by atoms with van der Waals surface area (Å²) in [7, 11) is 0. The lowest BCUT2D eigenvalue weighted by molar-refractivity contribution is -0.160. The summed E-state index contributed by atoms with van der Waals surface area (Å²) in [6.07, 6.45) is 6.42. The zero-order chi connectivity index (χ0) is 20.7. The van der Waals surface area contributed by atoms with E-state index < -0.39 is 5.41 Å². The summed E-state index contributed by atoms with van der Waals surface area (Å²) in [5, 5.41) is 4.07. The van der Waals surface area contributed by atoms with Gasteiger partial charge in [0.2, 0.25) is 5.91 Å². The van der Waals surface area contributed by atoms with Gasteiger partial charge in [-0.1, -0.05) is 24.3 Å². The van der Waals surface area contributed by atoms with E-state index in [0.717, 1.165) is 24.0 Å². The summed E-state index contributed by atoms with van der Waals surface area (Å²) in [4.78, 5) is 31.6. The van der Waals surface area contributed by atoms with E-state index in [4.69, 9.17) is 4.74 Å². The van der Waals surface area contributed by atoms with E-state index in [0.29, 0.717) is 45.5 Å². The maximum atomic E-state index is 13.0. The average molecular weight is 399 g/mol. The lowest BCUT2D eigenvalue weighted by Crippen LogP contribution is -2.51. The summed E-state index contributed by atoms with van der Waals surface area (Å²) in [5.74, 6) is -0.105. The molecule has 2 aromatic rings. The third kappa shape index (κ3) is 5.22. The minimum Gasteiger partial charge on any atom is -0.466 e. The van der Waals surface area contributed by atoms with Crippen molar-refractivity contribution >= 4 is 11.9 Å². The number of carbonyl (C=O) groups excluding carboxylic acids is 2. The Morgan fingerprint density at radius 2 is 2.10 bits per heavy atom. The van der Waals surface area contributed by atoms with Gasteiger partial charge in [0, 0.05) is 26.1 Å². The third-order valence-corrected chi connectivity index (χ3v) is 5.67. The van der Waals surface area contributed by atoms with Gasteiger partial charge in [-0.25, -0.2) is 4.98 Å². The second-order valence-corrected chi connectivity index (χ2v) is 7.79. The van der Waals surface area contributed by atoms with Crippen LogP contribution in [0.2, 0.25) is 0 Å². The number of nitrogens with zero attached hydrogens (tertiary/aromatic N) is 4. The van der Waals surface area contributed by atoms with Crippen molar-refractivity contribution in [3.63, 3.8) is 0 Å². The second kappa shape index (κ2) is 9.67. The Hall–Kier alpha value is -2.70. The van der Waals surface area contributed by atoms with E-state index in [2.05, 4.69) is 29.1 Å². The Balaban J connectivity index is 1.70. The highest BCUT2D eigenvalue weighted by molar-refractivity contribution is 5.81. The number of ether oxygens (including phenoxy) is 1. The molecule has 7 nitrogen and oxygen atoms in total. The molecule has 0 saturated carbocycles. The molecule has 7 heteroatoms. The molecule has 1 saturated heterocycles. The van der Waals surface area contributed by atoms with E-state index in [-0.39, 0.29) is 11.9 Å². The zero-order valence-corrected chi connectivity index (χ0v) is 17.3. The number of hydrogen-bond donors (Lipinski definition) is 0. The van der Waals surface area contributed by atoms with Crippen LogP contribution in [0.15, 0.2) is 36.9 Å². The fourth-order valence-electron chi connectivity index (χ4n) is 4.08. The maximum Gasteiger partial charge on any atom is 0.314 e. The number of rotatable bonds is 8. The summed E-state index contributed by atoms with van der Waals surface area (Å²) < 4.78 is 7.19. The van der Waals surface area contributed by atoms with E-state index in [1.807, 2.05) is 24.0 Å². The monoisotopic (exact) mass is 398 g/mol. The first-order valence-corrected chi connectivity index (χ1v) is 10.4. The minimum absolute atomic E-state index is 0.0864. The number of carbonyl (C=O) groups is 2. The lowest BCUT2D eigenvalue weighted by atomic mass is 9.74. The number of aromatic nitrogens is 3. The Morgan fingerprint density at radius 1 is 1.28 bits per heavy atom. The van der Waals surface area contributed by atoms with Gasteiger partial charge in [-0.15, -0.1) is 0 Å². The molecular formula is C22H30N4O3. The van der Waals surface area contributed by atoms with Gasteiger partial charge in [-0.05, 0) is 50.7 Å². The van der Waals surface area contributed by atoms with Crippen LogP contribution in [-0.2, 0) is 27.3 Å². The first kappa shape index (κ1) is 21.0. The molecule has 29 heavy (non-hydrogen) atoms. The molecular weight excluding hydrogens is 368 g/mol. The van der Waals surface area contributed by atoms with Crippen molar-refractivity contribution in [2.24, 2.45) is 5.41 Å². The van der Waals surface area contributed by atoms with Crippen molar-refractivity contribution in [3.8, 4) is 0 Å². The van der Waals surface area contributed by atoms with Crippen molar-refractivity contribution in [2.45, 2.75) is 52.5 Å². The molecule has 1 aromatic carbocycles. The Labute approximate surface area is 172 Å².